The Kier molecular flexibility index (Phi) is 11.7. The minimum Gasteiger partial charge on any atom is -0.495 e. The molecular formula is C26H35BrClN3O5S. The standard InChI is InChI=1S/C26H35BrClN3O5S/c1-18(2)16-29-26(33)19(3)30(17-20-8-10-21(27)11-9-20)25(32)7-6-14-31(37(5,34)35)22-12-13-24(36-4)23(28)15-22/h8-13,15,18-19H,6-7,14,16-17H2,1-5H3,(H,29,33)/t19-/m0/s1. The summed E-state index contributed by atoms with van der Waals surface area (Å²) in [6.45, 7) is 6.55. The van der Waals surface area contributed by atoms with Crippen molar-refractivity contribution in [2.75, 3.05) is 30.8 Å². The number of sulfonamides is 1. The number of nitrogens with one attached hydrogen (secondary N) is 1. The quantitative estimate of drug-likeness (QED) is 0.347. The van der Waals surface area contributed by atoms with E-state index in [0.717, 1.165) is 16.3 Å². The minimum atomic E-state index is -3.63. The van der Waals surface area contributed by atoms with Crippen molar-refractivity contribution in [1.29, 1.82) is 0 Å². The number of carbonyl (C=O) groups excluding carboxylic acids is 2. The molecule has 2 aromatic carbocycles. The summed E-state index contributed by atoms with van der Waals surface area (Å²) in [5.41, 5.74) is 1.26. The van der Waals surface area contributed by atoms with Gasteiger partial charge in [-0.1, -0.05) is 53.5 Å². The molecule has 0 radical (unpaired) electrons. The third-order valence-electron chi connectivity index (χ3n) is 5.69. The van der Waals surface area contributed by atoms with Gasteiger partial charge in [-0.05, 0) is 55.2 Å². The number of carbonyl (C=O) groups is 2. The van der Waals surface area contributed by atoms with Gasteiger partial charge in [0.2, 0.25) is 21.8 Å². The molecule has 11 heteroatoms. The van der Waals surface area contributed by atoms with Crippen LogP contribution in [0.15, 0.2) is 46.9 Å². The fourth-order valence-electron chi connectivity index (χ4n) is 3.64. The Bertz CT molecular complexity index is 1180. The summed E-state index contributed by atoms with van der Waals surface area (Å²) >= 11 is 9.61. The molecule has 0 aliphatic rings. The molecule has 204 valence electrons. The molecule has 0 saturated heterocycles. The summed E-state index contributed by atoms with van der Waals surface area (Å²) in [5, 5.41) is 3.18. The van der Waals surface area contributed by atoms with Gasteiger partial charge in [-0.25, -0.2) is 8.42 Å². The lowest BCUT2D eigenvalue weighted by molar-refractivity contribution is -0.140. The maximum Gasteiger partial charge on any atom is 0.242 e. The van der Waals surface area contributed by atoms with E-state index < -0.39 is 16.1 Å². The lowest BCUT2D eigenvalue weighted by Crippen LogP contribution is -2.48. The number of amides is 2. The van der Waals surface area contributed by atoms with Gasteiger partial charge in [-0.2, -0.15) is 0 Å². The molecule has 0 saturated carbocycles. The first-order valence-corrected chi connectivity index (χ1v) is 15.0. The van der Waals surface area contributed by atoms with Crippen molar-refractivity contribution < 1.29 is 22.7 Å². The van der Waals surface area contributed by atoms with E-state index in [0.29, 0.717) is 18.0 Å². The Balaban J connectivity index is 2.17. The van der Waals surface area contributed by atoms with E-state index in [2.05, 4.69) is 21.2 Å². The zero-order valence-electron chi connectivity index (χ0n) is 21.8. The second-order valence-electron chi connectivity index (χ2n) is 9.22. The third-order valence-corrected chi connectivity index (χ3v) is 7.71. The molecule has 37 heavy (non-hydrogen) atoms. The lowest BCUT2D eigenvalue weighted by atomic mass is 10.1. The number of halogens is 2. The zero-order chi connectivity index (χ0) is 27.8. The first-order chi connectivity index (χ1) is 17.3. The van der Waals surface area contributed by atoms with Gasteiger partial charge in [0.05, 0.1) is 24.1 Å². The fraction of sp³-hybridized carbons (Fsp3) is 0.462. The summed E-state index contributed by atoms with van der Waals surface area (Å²) in [6, 6.07) is 11.6. The van der Waals surface area contributed by atoms with Gasteiger partial charge in [0.1, 0.15) is 11.8 Å². The first-order valence-electron chi connectivity index (χ1n) is 12.0. The van der Waals surface area contributed by atoms with Crippen molar-refractivity contribution >= 4 is 55.1 Å². The summed E-state index contributed by atoms with van der Waals surface area (Å²) < 4.78 is 32.3. The smallest absolute Gasteiger partial charge is 0.242 e. The molecule has 0 bridgehead atoms. The highest BCUT2D eigenvalue weighted by Gasteiger charge is 2.27. The van der Waals surface area contributed by atoms with Gasteiger partial charge in [0.15, 0.2) is 0 Å². The van der Waals surface area contributed by atoms with E-state index in [1.54, 1.807) is 19.1 Å². The molecule has 1 atom stereocenters. The van der Waals surface area contributed by atoms with E-state index >= 15 is 0 Å². The van der Waals surface area contributed by atoms with Crippen LogP contribution in [0.3, 0.4) is 0 Å². The van der Waals surface area contributed by atoms with Crippen LogP contribution in [0.4, 0.5) is 5.69 Å². The maximum atomic E-state index is 13.3. The van der Waals surface area contributed by atoms with Crippen LogP contribution in [0.5, 0.6) is 5.75 Å². The van der Waals surface area contributed by atoms with Gasteiger partial charge in [-0.3, -0.25) is 13.9 Å². The number of rotatable bonds is 13. The van der Waals surface area contributed by atoms with Crippen molar-refractivity contribution in [3.05, 3.63) is 57.5 Å². The molecule has 0 aliphatic heterocycles. The van der Waals surface area contributed by atoms with Gasteiger partial charge in [0.25, 0.3) is 0 Å². The second kappa shape index (κ2) is 14.0. The number of hydrogen-bond acceptors (Lipinski definition) is 5. The molecule has 0 heterocycles. The predicted molar refractivity (Wildman–Crippen MR) is 151 cm³/mol. The average Bonchev–Trinajstić information content (AvgIpc) is 2.83. The minimum absolute atomic E-state index is 0.0637. The van der Waals surface area contributed by atoms with Crippen LogP contribution in [0.25, 0.3) is 0 Å². The van der Waals surface area contributed by atoms with Gasteiger partial charge >= 0.3 is 0 Å². The Hall–Kier alpha value is -2.30. The Labute approximate surface area is 233 Å². The van der Waals surface area contributed by atoms with Gasteiger partial charge in [-0.15, -0.1) is 0 Å². The highest BCUT2D eigenvalue weighted by molar-refractivity contribution is 9.10. The first kappa shape index (κ1) is 30.9. The van der Waals surface area contributed by atoms with Crippen LogP contribution < -0.4 is 14.4 Å². The normalized spacial score (nSPS) is 12.2. The third kappa shape index (κ3) is 9.50. The van der Waals surface area contributed by atoms with E-state index in [9.17, 15) is 18.0 Å². The Morgan fingerprint density at radius 2 is 1.76 bits per heavy atom. The molecule has 1 N–H and O–H groups in total. The molecule has 2 rings (SSSR count). The Morgan fingerprint density at radius 3 is 2.30 bits per heavy atom. The highest BCUT2D eigenvalue weighted by Crippen LogP contribution is 2.30. The number of methoxy groups -OCH3 is 1. The summed E-state index contributed by atoms with van der Waals surface area (Å²) in [4.78, 5) is 27.7. The molecular weight excluding hydrogens is 582 g/mol. The van der Waals surface area contributed by atoms with Crippen molar-refractivity contribution in [3.8, 4) is 5.75 Å². The molecule has 0 spiro atoms. The van der Waals surface area contributed by atoms with Crippen LogP contribution in [0.1, 0.15) is 39.2 Å². The largest absolute Gasteiger partial charge is 0.495 e. The molecule has 0 aromatic heterocycles. The highest BCUT2D eigenvalue weighted by atomic mass is 79.9. The summed E-state index contributed by atoms with van der Waals surface area (Å²) in [5.74, 6) is 0.240. The predicted octanol–water partition coefficient (Wildman–Crippen LogP) is 4.85. The van der Waals surface area contributed by atoms with Crippen LogP contribution in [0.2, 0.25) is 5.02 Å². The molecule has 2 amide bonds. The average molecular weight is 617 g/mol. The number of hydrogen-bond donors (Lipinski definition) is 1. The molecule has 0 aliphatic carbocycles. The SMILES string of the molecule is COc1ccc(N(CCCC(=O)N(Cc2ccc(Br)cc2)[C@@H](C)C(=O)NCC(C)C)S(C)(=O)=O)cc1Cl. The molecule has 8 nitrogen and oxygen atoms in total. The Morgan fingerprint density at radius 1 is 1.11 bits per heavy atom. The van der Waals surface area contributed by atoms with E-state index in [4.69, 9.17) is 16.3 Å². The van der Waals surface area contributed by atoms with Crippen LogP contribution in [0, 0.1) is 5.92 Å². The number of nitrogens with zero attached hydrogens (tertiary/aromatic N) is 2. The fourth-order valence-corrected chi connectivity index (χ4v) is 5.11. The van der Waals surface area contributed by atoms with Crippen molar-refractivity contribution in [1.82, 2.24) is 10.2 Å². The van der Waals surface area contributed by atoms with E-state index in [-0.39, 0.29) is 48.7 Å². The number of ether oxygens (including phenoxy) is 1. The molecule has 0 fully saturated rings. The zero-order valence-corrected chi connectivity index (χ0v) is 25.0. The van der Waals surface area contributed by atoms with Gasteiger partial charge < -0.3 is 15.0 Å². The van der Waals surface area contributed by atoms with Crippen molar-refractivity contribution in [3.63, 3.8) is 0 Å². The lowest BCUT2D eigenvalue weighted by Gasteiger charge is -2.29. The maximum absolute atomic E-state index is 13.3. The van der Waals surface area contributed by atoms with Crippen molar-refractivity contribution in [2.45, 2.75) is 46.2 Å². The van der Waals surface area contributed by atoms with Gasteiger partial charge in [0, 0.05) is 30.5 Å². The number of anilines is 1. The van der Waals surface area contributed by atoms with Crippen LogP contribution >= 0.6 is 27.5 Å². The van der Waals surface area contributed by atoms with Crippen molar-refractivity contribution in [2.24, 2.45) is 5.92 Å². The van der Waals surface area contributed by atoms with E-state index in [1.807, 2.05) is 38.1 Å². The topological polar surface area (TPSA) is 96.0 Å². The number of benzene rings is 2. The van der Waals surface area contributed by atoms with Crippen LogP contribution in [-0.2, 0) is 26.2 Å². The summed E-state index contributed by atoms with van der Waals surface area (Å²) in [7, 11) is -2.15. The van der Waals surface area contributed by atoms with E-state index in [1.165, 1.54) is 22.4 Å². The summed E-state index contributed by atoms with van der Waals surface area (Å²) in [6.07, 6.45) is 1.43. The van der Waals surface area contributed by atoms with Crippen LogP contribution in [-0.4, -0.2) is 57.6 Å². The monoisotopic (exact) mass is 615 g/mol. The molecule has 0 unspecified atom stereocenters. The molecule has 2 aromatic rings. The second-order valence-corrected chi connectivity index (χ2v) is 12.5.